The summed E-state index contributed by atoms with van der Waals surface area (Å²) in [5.41, 5.74) is 0. The minimum atomic E-state index is 0.357. The van der Waals surface area contributed by atoms with Gasteiger partial charge in [-0.05, 0) is 50.6 Å². The van der Waals surface area contributed by atoms with Crippen LogP contribution in [0.3, 0.4) is 0 Å². The molecule has 1 heterocycles. The van der Waals surface area contributed by atoms with Gasteiger partial charge in [-0.15, -0.1) is 0 Å². The number of piperidine rings is 1. The van der Waals surface area contributed by atoms with Crippen LogP contribution in [0.5, 0.6) is 0 Å². The number of rotatable bonds is 4. The second-order valence-corrected chi connectivity index (χ2v) is 5.49. The molecule has 0 aromatic rings. The summed E-state index contributed by atoms with van der Waals surface area (Å²) in [5.74, 6) is 1.72. The van der Waals surface area contributed by atoms with Crippen LogP contribution in [0.25, 0.3) is 0 Å². The van der Waals surface area contributed by atoms with E-state index in [1.807, 2.05) is 11.9 Å². The number of nitrogens with one attached hydrogen (secondary N) is 1. The minimum Gasteiger partial charge on any atom is -0.345 e. The van der Waals surface area contributed by atoms with E-state index in [0.29, 0.717) is 17.7 Å². The number of amides is 1. The third-order valence-electron chi connectivity index (χ3n) is 4.04. The molecule has 3 heteroatoms. The fraction of sp³-hybridized carbons (Fsp3) is 0.923. The standard InChI is InChI=1S/C13H24N2O/c1-15(10-12-6-3-7-14-9-12)13(16)8-11-4-2-5-11/h11-12,14H,2-10H2,1H3. The molecule has 0 radical (unpaired) electrons. The molecule has 1 atom stereocenters. The molecule has 1 amide bonds. The number of carbonyl (C=O) groups is 1. The fourth-order valence-electron chi connectivity index (χ4n) is 2.67. The number of hydrogen-bond donors (Lipinski definition) is 1. The Morgan fingerprint density at radius 2 is 2.00 bits per heavy atom. The van der Waals surface area contributed by atoms with Gasteiger partial charge in [0.05, 0.1) is 0 Å². The van der Waals surface area contributed by atoms with Gasteiger partial charge in [0.1, 0.15) is 0 Å². The van der Waals surface area contributed by atoms with E-state index in [2.05, 4.69) is 5.32 Å². The van der Waals surface area contributed by atoms with Crippen molar-refractivity contribution in [1.82, 2.24) is 10.2 Å². The van der Waals surface area contributed by atoms with Crippen molar-refractivity contribution in [2.75, 3.05) is 26.7 Å². The molecule has 1 saturated carbocycles. The van der Waals surface area contributed by atoms with Crippen LogP contribution >= 0.6 is 0 Å². The number of carbonyl (C=O) groups excluding carboxylic acids is 1. The van der Waals surface area contributed by atoms with Gasteiger partial charge >= 0.3 is 0 Å². The van der Waals surface area contributed by atoms with Gasteiger partial charge in [-0.3, -0.25) is 4.79 Å². The highest BCUT2D eigenvalue weighted by molar-refractivity contribution is 5.76. The lowest BCUT2D eigenvalue weighted by Gasteiger charge is -2.30. The molecule has 92 valence electrons. The van der Waals surface area contributed by atoms with Gasteiger partial charge in [-0.2, -0.15) is 0 Å². The maximum Gasteiger partial charge on any atom is 0.222 e. The molecular weight excluding hydrogens is 200 g/mol. The minimum absolute atomic E-state index is 0.357. The first-order valence-electron chi connectivity index (χ1n) is 6.70. The molecular formula is C13H24N2O. The van der Waals surface area contributed by atoms with E-state index in [9.17, 15) is 4.79 Å². The lowest BCUT2D eigenvalue weighted by Crippen LogP contribution is -2.39. The summed E-state index contributed by atoms with van der Waals surface area (Å²) >= 11 is 0. The van der Waals surface area contributed by atoms with Gasteiger partial charge in [-0.1, -0.05) is 6.42 Å². The first-order chi connectivity index (χ1) is 7.75. The van der Waals surface area contributed by atoms with E-state index in [1.54, 1.807) is 0 Å². The molecule has 0 aromatic heterocycles. The zero-order chi connectivity index (χ0) is 11.4. The first-order valence-corrected chi connectivity index (χ1v) is 6.70. The van der Waals surface area contributed by atoms with Crippen molar-refractivity contribution < 1.29 is 4.79 Å². The summed E-state index contributed by atoms with van der Waals surface area (Å²) < 4.78 is 0. The van der Waals surface area contributed by atoms with Crippen LogP contribution < -0.4 is 5.32 Å². The van der Waals surface area contributed by atoms with E-state index in [-0.39, 0.29) is 0 Å². The van der Waals surface area contributed by atoms with Crippen LogP contribution in [-0.4, -0.2) is 37.5 Å². The van der Waals surface area contributed by atoms with Crippen LogP contribution in [0.2, 0.25) is 0 Å². The summed E-state index contributed by atoms with van der Waals surface area (Å²) in [6, 6.07) is 0. The molecule has 1 aliphatic carbocycles. The second kappa shape index (κ2) is 5.67. The molecule has 1 saturated heterocycles. The normalized spacial score (nSPS) is 26.2. The van der Waals surface area contributed by atoms with Crippen molar-refractivity contribution >= 4 is 5.91 Å². The largest absolute Gasteiger partial charge is 0.345 e. The molecule has 2 fully saturated rings. The van der Waals surface area contributed by atoms with Gasteiger partial charge in [0.2, 0.25) is 5.91 Å². The summed E-state index contributed by atoms with van der Waals surface area (Å²) in [7, 11) is 1.97. The van der Waals surface area contributed by atoms with Gasteiger partial charge in [0, 0.05) is 20.0 Å². The van der Waals surface area contributed by atoms with Crippen LogP contribution in [0.15, 0.2) is 0 Å². The average molecular weight is 224 g/mol. The van der Waals surface area contributed by atoms with Gasteiger partial charge < -0.3 is 10.2 Å². The molecule has 0 aromatic carbocycles. The fourth-order valence-corrected chi connectivity index (χ4v) is 2.67. The summed E-state index contributed by atoms with van der Waals surface area (Å²) in [5, 5.41) is 3.40. The van der Waals surface area contributed by atoms with E-state index < -0.39 is 0 Å². The highest BCUT2D eigenvalue weighted by Crippen LogP contribution is 2.29. The molecule has 0 spiro atoms. The number of nitrogens with zero attached hydrogens (tertiary/aromatic N) is 1. The van der Waals surface area contributed by atoms with E-state index in [0.717, 1.165) is 26.1 Å². The molecule has 2 rings (SSSR count). The topological polar surface area (TPSA) is 32.3 Å². The second-order valence-electron chi connectivity index (χ2n) is 5.49. The molecule has 3 nitrogen and oxygen atoms in total. The Morgan fingerprint density at radius 1 is 1.25 bits per heavy atom. The number of hydrogen-bond acceptors (Lipinski definition) is 2. The summed E-state index contributed by atoms with van der Waals surface area (Å²) in [4.78, 5) is 13.9. The third-order valence-corrected chi connectivity index (χ3v) is 4.04. The lowest BCUT2D eigenvalue weighted by atomic mass is 9.82. The van der Waals surface area contributed by atoms with E-state index >= 15 is 0 Å². The summed E-state index contributed by atoms with van der Waals surface area (Å²) in [6.45, 7) is 3.18. The van der Waals surface area contributed by atoms with Crippen molar-refractivity contribution in [3.05, 3.63) is 0 Å². The highest BCUT2D eigenvalue weighted by Gasteiger charge is 2.24. The average Bonchev–Trinajstić information content (AvgIpc) is 2.24. The smallest absolute Gasteiger partial charge is 0.222 e. The SMILES string of the molecule is CN(CC1CCCNC1)C(=O)CC1CCC1. The molecule has 16 heavy (non-hydrogen) atoms. The highest BCUT2D eigenvalue weighted by atomic mass is 16.2. The third kappa shape index (κ3) is 3.21. The van der Waals surface area contributed by atoms with Gasteiger partial charge in [0.25, 0.3) is 0 Å². The van der Waals surface area contributed by atoms with Crippen LogP contribution in [0.1, 0.15) is 38.5 Å². The maximum absolute atomic E-state index is 11.9. The Balaban J connectivity index is 1.68. The quantitative estimate of drug-likeness (QED) is 0.787. The molecule has 2 aliphatic rings. The zero-order valence-electron chi connectivity index (χ0n) is 10.4. The zero-order valence-corrected chi connectivity index (χ0v) is 10.4. The van der Waals surface area contributed by atoms with Crippen LogP contribution in [-0.2, 0) is 4.79 Å². The van der Waals surface area contributed by atoms with Crippen molar-refractivity contribution in [3.8, 4) is 0 Å². The first kappa shape index (κ1) is 11.9. The molecule has 1 N–H and O–H groups in total. The Labute approximate surface area is 98.6 Å². The van der Waals surface area contributed by atoms with Crippen molar-refractivity contribution in [2.45, 2.75) is 38.5 Å². The molecule has 1 unspecified atom stereocenters. The molecule has 0 bridgehead atoms. The monoisotopic (exact) mass is 224 g/mol. The Hall–Kier alpha value is -0.570. The maximum atomic E-state index is 11.9. The van der Waals surface area contributed by atoms with E-state index in [4.69, 9.17) is 0 Å². The Bertz CT molecular complexity index is 232. The lowest BCUT2D eigenvalue weighted by molar-refractivity contribution is -0.132. The van der Waals surface area contributed by atoms with Crippen LogP contribution in [0.4, 0.5) is 0 Å². The van der Waals surface area contributed by atoms with Crippen molar-refractivity contribution in [1.29, 1.82) is 0 Å². The van der Waals surface area contributed by atoms with Crippen molar-refractivity contribution in [2.24, 2.45) is 11.8 Å². The van der Waals surface area contributed by atoms with Crippen LogP contribution in [0, 0.1) is 11.8 Å². The Morgan fingerprint density at radius 3 is 2.56 bits per heavy atom. The van der Waals surface area contributed by atoms with Gasteiger partial charge in [0.15, 0.2) is 0 Å². The van der Waals surface area contributed by atoms with Crippen molar-refractivity contribution in [3.63, 3.8) is 0 Å². The van der Waals surface area contributed by atoms with Gasteiger partial charge in [-0.25, -0.2) is 0 Å². The Kier molecular flexibility index (Phi) is 4.22. The molecule has 1 aliphatic heterocycles. The van der Waals surface area contributed by atoms with E-state index in [1.165, 1.54) is 32.1 Å². The predicted molar refractivity (Wildman–Crippen MR) is 65.2 cm³/mol. The summed E-state index contributed by atoms with van der Waals surface area (Å²) in [6.07, 6.45) is 7.18. The predicted octanol–water partition coefficient (Wildman–Crippen LogP) is 1.63.